The van der Waals surface area contributed by atoms with Crippen molar-refractivity contribution in [3.63, 3.8) is 0 Å². The van der Waals surface area contributed by atoms with Crippen LogP contribution in [0.2, 0.25) is 0 Å². The number of benzene rings is 1. The fourth-order valence-corrected chi connectivity index (χ4v) is 2.76. The molecule has 2 N–H and O–H groups in total. The van der Waals surface area contributed by atoms with Gasteiger partial charge in [0.25, 0.3) is 0 Å². The van der Waals surface area contributed by atoms with Crippen molar-refractivity contribution in [1.82, 2.24) is 10.6 Å². The first kappa shape index (κ1) is 17.3. The first-order chi connectivity index (χ1) is 11.0. The molecule has 0 saturated carbocycles. The Labute approximate surface area is 138 Å². The van der Waals surface area contributed by atoms with E-state index < -0.39 is 0 Å². The lowest BCUT2D eigenvalue weighted by molar-refractivity contribution is -0.117. The summed E-state index contributed by atoms with van der Waals surface area (Å²) in [6, 6.07) is 5.71. The Balaban J connectivity index is 1.87. The van der Waals surface area contributed by atoms with Crippen molar-refractivity contribution in [1.29, 1.82) is 0 Å². The van der Waals surface area contributed by atoms with Crippen molar-refractivity contribution in [3.8, 4) is 0 Å². The number of rotatable bonds is 6. The number of carbonyl (C=O) groups is 2. The van der Waals surface area contributed by atoms with Crippen molar-refractivity contribution < 1.29 is 9.59 Å². The normalized spacial score (nSPS) is 17.4. The summed E-state index contributed by atoms with van der Waals surface area (Å²) in [7, 11) is 0. The fraction of sp³-hybridized carbons (Fsp3) is 0.556. The Morgan fingerprint density at radius 2 is 2.04 bits per heavy atom. The van der Waals surface area contributed by atoms with Gasteiger partial charge in [-0.2, -0.15) is 0 Å². The zero-order valence-electron chi connectivity index (χ0n) is 14.3. The monoisotopic (exact) mass is 317 g/mol. The maximum absolute atomic E-state index is 12.2. The third-order valence-electron chi connectivity index (χ3n) is 4.33. The van der Waals surface area contributed by atoms with Crippen LogP contribution < -0.4 is 15.5 Å². The summed E-state index contributed by atoms with van der Waals surface area (Å²) in [4.78, 5) is 25.8. The van der Waals surface area contributed by atoms with Crippen molar-refractivity contribution in [2.75, 3.05) is 18.0 Å². The largest absolute Gasteiger partial charge is 0.338 e. The number of anilines is 1. The predicted octanol–water partition coefficient (Wildman–Crippen LogP) is 2.90. The van der Waals surface area contributed by atoms with Gasteiger partial charge in [0.1, 0.15) is 0 Å². The van der Waals surface area contributed by atoms with Gasteiger partial charge >= 0.3 is 6.03 Å². The summed E-state index contributed by atoms with van der Waals surface area (Å²) in [5, 5.41) is 5.75. The number of hydrogen-bond donors (Lipinski definition) is 2. The highest BCUT2D eigenvalue weighted by Gasteiger charge is 2.31. The Morgan fingerprint density at radius 1 is 1.26 bits per heavy atom. The SMILES string of the molecule is CCCCCNC(=O)N[C@H]1CC(=O)N(c2ccc(C)c(C)c2)C1. The van der Waals surface area contributed by atoms with E-state index in [1.807, 2.05) is 25.1 Å². The quantitative estimate of drug-likeness (QED) is 0.793. The molecule has 1 heterocycles. The van der Waals surface area contributed by atoms with Crippen LogP contribution in [0.25, 0.3) is 0 Å². The van der Waals surface area contributed by atoms with Crippen LogP contribution in [0.1, 0.15) is 43.7 Å². The second-order valence-corrected chi connectivity index (χ2v) is 6.28. The molecule has 5 heteroatoms. The van der Waals surface area contributed by atoms with Gasteiger partial charge in [-0.3, -0.25) is 4.79 Å². The summed E-state index contributed by atoms with van der Waals surface area (Å²) in [6.45, 7) is 7.44. The van der Waals surface area contributed by atoms with Gasteiger partial charge in [-0.25, -0.2) is 4.79 Å². The van der Waals surface area contributed by atoms with Gasteiger partial charge in [0, 0.05) is 25.2 Å². The molecule has 0 aliphatic carbocycles. The molecular formula is C18H27N3O2. The molecule has 126 valence electrons. The van der Waals surface area contributed by atoms with Crippen LogP contribution >= 0.6 is 0 Å². The van der Waals surface area contributed by atoms with Gasteiger partial charge in [0.05, 0.1) is 6.04 Å². The molecule has 2 rings (SSSR count). The minimum Gasteiger partial charge on any atom is -0.338 e. The molecule has 1 aromatic rings. The first-order valence-electron chi connectivity index (χ1n) is 8.43. The Hall–Kier alpha value is -2.04. The summed E-state index contributed by atoms with van der Waals surface area (Å²) in [5.41, 5.74) is 3.28. The van der Waals surface area contributed by atoms with Gasteiger partial charge in [-0.05, 0) is 43.5 Å². The van der Waals surface area contributed by atoms with Gasteiger partial charge in [0.2, 0.25) is 5.91 Å². The van der Waals surface area contributed by atoms with Crippen molar-refractivity contribution in [2.24, 2.45) is 0 Å². The highest BCUT2D eigenvalue weighted by molar-refractivity contribution is 5.96. The van der Waals surface area contributed by atoms with E-state index in [2.05, 4.69) is 24.5 Å². The van der Waals surface area contributed by atoms with E-state index in [0.29, 0.717) is 19.5 Å². The maximum Gasteiger partial charge on any atom is 0.315 e. The lowest BCUT2D eigenvalue weighted by Crippen LogP contribution is -2.43. The number of nitrogens with one attached hydrogen (secondary N) is 2. The van der Waals surface area contributed by atoms with Crippen LogP contribution in [0.15, 0.2) is 18.2 Å². The predicted molar refractivity (Wildman–Crippen MR) is 92.7 cm³/mol. The number of hydrogen-bond acceptors (Lipinski definition) is 2. The highest BCUT2D eigenvalue weighted by Crippen LogP contribution is 2.24. The minimum absolute atomic E-state index is 0.0598. The van der Waals surface area contributed by atoms with Crippen LogP contribution in [0.5, 0.6) is 0 Å². The zero-order chi connectivity index (χ0) is 16.8. The third-order valence-corrected chi connectivity index (χ3v) is 4.33. The van der Waals surface area contributed by atoms with Gasteiger partial charge in [0.15, 0.2) is 0 Å². The van der Waals surface area contributed by atoms with Gasteiger partial charge in [-0.1, -0.05) is 25.8 Å². The topological polar surface area (TPSA) is 61.4 Å². The molecule has 1 saturated heterocycles. The van der Waals surface area contributed by atoms with Crippen LogP contribution in [-0.2, 0) is 4.79 Å². The van der Waals surface area contributed by atoms with E-state index in [1.54, 1.807) is 4.90 Å². The summed E-state index contributed by atoms with van der Waals surface area (Å²) in [5.74, 6) is 0.0598. The molecular weight excluding hydrogens is 290 g/mol. The highest BCUT2D eigenvalue weighted by atomic mass is 16.2. The first-order valence-corrected chi connectivity index (χ1v) is 8.43. The molecule has 1 fully saturated rings. The van der Waals surface area contributed by atoms with Crippen LogP contribution in [-0.4, -0.2) is 31.1 Å². The molecule has 0 spiro atoms. The van der Waals surface area contributed by atoms with Crippen molar-refractivity contribution >= 4 is 17.6 Å². The number of carbonyl (C=O) groups excluding carboxylic acids is 2. The van der Waals surface area contributed by atoms with E-state index in [4.69, 9.17) is 0 Å². The lowest BCUT2D eigenvalue weighted by atomic mass is 10.1. The van der Waals surface area contributed by atoms with E-state index >= 15 is 0 Å². The number of amides is 3. The Kier molecular flexibility index (Phi) is 6.02. The second-order valence-electron chi connectivity index (χ2n) is 6.28. The van der Waals surface area contributed by atoms with Crippen molar-refractivity contribution in [2.45, 2.75) is 52.5 Å². The van der Waals surface area contributed by atoms with Crippen molar-refractivity contribution in [3.05, 3.63) is 29.3 Å². The summed E-state index contributed by atoms with van der Waals surface area (Å²) >= 11 is 0. The molecule has 0 unspecified atom stereocenters. The number of aryl methyl sites for hydroxylation is 2. The van der Waals surface area contributed by atoms with Crippen LogP contribution in [0, 0.1) is 13.8 Å². The average molecular weight is 317 g/mol. The van der Waals surface area contributed by atoms with E-state index in [0.717, 1.165) is 24.9 Å². The molecule has 1 aliphatic heterocycles. The smallest absolute Gasteiger partial charge is 0.315 e. The Morgan fingerprint density at radius 3 is 2.74 bits per heavy atom. The average Bonchev–Trinajstić information content (AvgIpc) is 2.87. The number of unbranched alkanes of at least 4 members (excludes halogenated alkanes) is 2. The molecule has 0 bridgehead atoms. The van der Waals surface area contributed by atoms with E-state index in [9.17, 15) is 9.59 Å². The summed E-state index contributed by atoms with van der Waals surface area (Å²) in [6.07, 6.45) is 3.59. The second kappa shape index (κ2) is 7.99. The number of nitrogens with zero attached hydrogens (tertiary/aromatic N) is 1. The molecule has 3 amide bonds. The lowest BCUT2D eigenvalue weighted by Gasteiger charge is -2.18. The van der Waals surface area contributed by atoms with Crippen LogP contribution in [0.4, 0.5) is 10.5 Å². The van der Waals surface area contributed by atoms with Gasteiger partial charge < -0.3 is 15.5 Å². The standard InChI is InChI=1S/C18H27N3O2/c1-4-5-6-9-19-18(23)20-15-11-17(22)21(12-15)16-8-7-13(2)14(3)10-16/h7-8,10,15H,4-6,9,11-12H2,1-3H3,(H2,19,20,23)/t15-/m0/s1. The maximum atomic E-state index is 12.2. The van der Waals surface area contributed by atoms with E-state index in [-0.39, 0.29) is 18.0 Å². The number of urea groups is 1. The fourth-order valence-electron chi connectivity index (χ4n) is 2.76. The molecule has 1 aromatic carbocycles. The van der Waals surface area contributed by atoms with Crippen LogP contribution in [0.3, 0.4) is 0 Å². The summed E-state index contributed by atoms with van der Waals surface area (Å²) < 4.78 is 0. The molecule has 5 nitrogen and oxygen atoms in total. The molecule has 1 aliphatic rings. The molecule has 0 radical (unpaired) electrons. The molecule has 1 atom stereocenters. The van der Waals surface area contributed by atoms with E-state index in [1.165, 1.54) is 11.1 Å². The molecule has 23 heavy (non-hydrogen) atoms. The van der Waals surface area contributed by atoms with Gasteiger partial charge in [-0.15, -0.1) is 0 Å². The third kappa shape index (κ3) is 4.71. The minimum atomic E-state index is -0.180. The Bertz CT molecular complexity index is 571. The zero-order valence-corrected chi connectivity index (χ0v) is 14.3. The molecule has 0 aromatic heterocycles.